The molecule has 1 unspecified atom stereocenters. The van der Waals surface area contributed by atoms with E-state index in [2.05, 4.69) is 31.3 Å². The van der Waals surface area contributed by atoms with Crippen LogP contribution in [0, 0.1) is 0 Å². The number of fused-ring (bicyclic) bond motifs is 1. The van der Waals surface area contributed by atoms with Gasteiger partial charge in [0.05, 0.1) is 12.6 Å². The van der Waals surface area contributed by atoms with Crippen molar-refractivity contribution in [1.29, 1.82) is 0 Å². The average molecular weight is 248 g/mol. The van der Waals surface area contributed by atoms with Crippen LogP contribution < -0.4 is 15.8 Å². The SMILES string of the molecule is COc1ccc2c(c1)C(CN)(NC(C)C)CCC2. The van der Waals surface area contributed by atoms with Crippen molar-refractivity contribution in [2.75, 3.05) is 13.7 Å². The zero-order chi connectivity index (χ0) is 13.2. The number of rotatable bonds is 4. The average Bonchev–Trinajstić information content (AvgIpc) is 2.38. The molecule has 0 heterocycles. The molecule has 0 radical (unpaired) electrons. The maximum atomic E-state index is 6.09. The van der Waals surface area contributed by atoms with Gasteiger partial charge < -0.3 is 15.8 Å². The minimum absolute atomic E-state index is 0.0870. The fourth-order valence-electron chi connectivity index (χ4n) is 3.03. The van der Waals surface area contributed by atoms with Crippen molar-refractivity contribution in [3.63, 3.8) is 0 Å². The highest BCUT2D eigenvalue weighted by molar-refractivity contribution is 5.42. The molecule has 3 N–H and O–H groups in total. The minimum Gasteiger partial charge on any atom is -0.497 e. The summed E-state index contributed by atoms with van der Waals surface area (Å²) < 4.78 is 5.35. The molecule has 0 aliphatic heterocycles. The summed E-state index contributed by atoms with van der Waals surface area (Å²) in [7, 11) is 1.71. The van der Waals surface area contributed by atoms with Gasteiger partial charge in [0.15, 0.2) is 0 Å². The molecule has 0 saturated carbocycles. The molecule has 0 bridgehead atoms. The van der Waals surface area contributed by atoms with Gasteiger partial charge in [-0.3, -0.25) is 0 Å². The molecule has 0 saturated heterocycles. The number of nitrogens with two attached hydrogens (primary N) is 1. The number of ether oxygens (including phenoxy) is 1. The Balaban J connectivity index is 2.46. The predicted octanol–water partition coefficient (Wildman–Crippen LogP) is 2.18. The molecular formula is C15H24N2O. The van der Waals surface area contributed by atoms with E-state index in [1.54, 1.807) is 7.11 Å². The molecule has 0 aromatic heterocycles. The summed E-state index contributed by atoms with van der Waals surface area (Å²) in [6, 6.07) is 6.79. The van der Waals surface area contributed by atoms with Gasteiger partial charge in [0.25, 0.3) is 0 Å². The topological polar surface area (TPSA) is 47.3 Å². The van der Waals surface area contributed by atoms with E-state index >= 15 is 0 Å². The number of hydrogen-bond donors (Lipinski definition) is 2. The number of hydrogen-bond acceptors (Lipinski definition) is 3. The number of nitrogens with one attached hydrogen (secondary N) is 1. The summed E-state index contributed by atoms with van der Waals surface area (Å²) in [4.78, 5) is 0. The zero-order valence-electron chi connectivity index (χ0n) is 11.6. The second-order valence-corrected chi connectivity index (χ2v) is 5.46. The van der Waals surface area contributed by atoms with Crippen molar-refractivity contribution in [1.82, 2.24) is 5.32 Å². The van der Waals surface area contributed by atoms with Crippen LogP contribution >= 0.6 is 0 Å². The first-order chi connectivity index (χ1) is 8.61. The van der Waals surface area contributed by atoms with Crippen molar-refractivity contribution in [3.05, 3.63) is 29.3 Å². The fraction of sp³-hybridized carbons (Fsp3) is 0.600. The zero-order valence-corrected chi connectivity index (χ0v) is 11.6. The molecule has 1 aliphatic carbocycles. The van der Waals surface area contributed by atoms with E-state index in [1.165, 1.54) is 17.5 Å². The van der Waals surface area contributed by atoms with E-state index < -0.39 is 0 Å². The van der Waals surface area contributed by atoms with E-state index in [4.69, 9.17) is 10.5 Å². The van der Waals surface area contributed by atoms with Gasteiger partial charge in [-0.15, -0.1) is 0 Å². The normalized spacial score (nSPS) is 22.9. The second-order valence-electron chi connectivity index (χ2n) is 5.46. The molecule has 3 heteroatoms. The van der Waals surface area contributed by atoms with Gasteiger partial charge in [-0.2, -0.15) is 0 Å². The number of benzene rings is 1. The smallest absolute Gasteiger partial charge is 0.119 e. The largest absolute Gasteiger partial charge is 0.497 e. The lowest BCUT2D eigenvalue weighted by molar-refractivity contribution is 0.269. The monoisotopic (exact) mass is 248 g/mol. The van der Waals surface area contributed by atoms with Crippen LogP contribution in [0.1, 0.15) is 37.8 Å². The summed E-state index contributed by atoms with van der Waals surface area (Å²) in [5.41, 5.74) is 8.73. The van der Waals surface area contributed by atoms with E-state index in [0.717, 1.165) is 18.6 Å². The fourth-order valence-corrected chi connectivity index (χ4v) is 3.03. The first-order valence-electron chi connectivity index (χ1n) is 6.76. The van der Waals surface area contributed by atoms with Gasteiger partial charge in [0.2, 0.25) is 0 Å². The predicted molar refractivity (Wildman–Crippen MR) is 74.9 cm³/mol. The third-order valence-corrected chi connectivity index (χ3v) is 3.80. The van der Waals surface area contributed by atoms with Crippen LogP contribution in [0.3, 0.4) is 0 Å². The van der Waals surface area contributed by atoms with E-state index in [0.29, 0.717) is 12.6 Å². The molecule has 0 fully saturated rings. The lowest BCUT2D eigenvalue weighted by Gasteiger charge is -2.41. The maximum absolute atomic E-state index is 6.09. The third kappa shape index (κ3) is 2.38. The Kier molecular flexibility index (Phi) is 3.93. The molecule has 1 aliphatic rings. The first-order valence-corrected chi connectivity index (χ1v) is 6.76. The minimum atomic E-state index is -0.0870. The highest BCUT2D eigenvalue weighted by Gasteiger charge is 2.35. The highest BCUT2D eigenvalue weighted by atomic mass is 16.5. The molecule has 3 nitrogen and oxygen atoms in total. The molecular weight excluding hydrogens is 224 g/mol. The Morgan fingerprint density at radius 1 is 1.44 bits per heavy atom. The summed E-state index contributed by atoms with van der Waals surface area (Å²) in [6.45, 7) is 4.98. The number of aryl methyl sites for hydroxylation is 1. The molecule has 0 spiro atoms. The van der Waals surface area contributed by atoms with Crippen LogP contribution in [-0.4, -0.2) is 19.7 Å². The Hall–Kier alpha value is -1.06. The van der Waals surface area contributed by atoms with Crippen LogP contribution in [0.15, 0.2) is 18.2 Å². The van der Waals surface area contributed by atoms with Gasteiger partial charge in [-0.05, 0) is 56.4 Å². The molecule has 1 atom stereocenters. The summed E-state index contributed by atoms with van der Waals surface area (Å²) >= 11 is 0. The second kappa shape index (κ2) is 5.29. The van der Waals surface area contributed by atoms with Gasteiger partial charge in [0, 0.05) is 12.6 Å². The molecule has 100 valence electrons. The molecule has 18 heavy (non-hydrogen) atoms. The summed E-state index contributed by atoms with van der Waals surface area (Å²) in [5.74, 6) is 0.916. The van der Waals surface area contributed by atoms with Gasteiger partial charge in [-0.25, -0.2) is 0 Å². The lowest BCUT2D eigenvalue weighted by atomic mass is 9.76. The lowest BCUT2D eigenvalue weighted by Crippen LogP contribution is -2.53. The van der Waals surface area contributed by atoms with Crippen LogP contribution in [0.4, 0.5) is 0 Å². The first kappa shape index (κ1) is 13.4. The van der Waals surface area contributed by atoms with Crippen molar-refractivity contribution < 1.29 is 4.74 Å². The van der Waals surface area contributed by atoms with E-state index in [1.807, 2.05) is 6.07 Å². The Morgan fingerprint density at radius 3 is 2.83 bits per heavy atom. The Labute approximate surface area is 110 Å². The molecule has 2 rings (SSSR count). The van der Waals surface area contributed by atoms with Gasteiger partial charge >= 0.3 is 0 Å². The van der Waals surface area contributed by atoms with Gasteiger partial charge in [-0.1, -0.05) is 6.07 Å². The van der Waals surface area contributed by atoms with Crippen LogP contribution in [0.5, 0.6) is 5.75 Å². The van der Waals surface area contributed by atoms with Gasteiger partial charge in [0.1, 0.15) is 5.75 Å². The van der Waals surface area contributed by atoms with Crippen molar-refractivity contribution >= 4 is 0 Å². The Morgan fingerprint density at radius 2 is 2.22 bits per heavy atom. The number of methoxy groups -OCH3 is 1. The van der Waals surface area contributed by atoms with Crippen molar-refractivity contribution in [3.8, 4) is 5.75 Å². The molecule has 0 amide bonds. The van der Waals surface area contributed by atoms with Crippen molar-refractivity contribution in [2.45, 2.75) is 44.7 Å². The quantitative estimate of drug-likeness (QED) is 0.858. The van der Waals surface area contributed by atoms with Crippen LogP contribution in [-0.2, 0) is 12.0 Å². The maximum Gasteiger partial charge on any atom is 0.119 e. The molecule has 1 aromatic rings. The van der Waals surface area contributed by atoms with E-state index in [9.17, 15) is 0 Å². The summed E-state index contributed by atoms with van der Waals surface area (Å²) in [6.07, 6.45) is 3.43. The Bertz CT molecular complexity index is 417. The standard InChI is InChI=1S/C15H24N2O/c1-11(2)17-15(10-16)8-4-5-12-6-7-13(18-3)9-14(12)15/h6-7,9,11,17H,4-5,8,10,16H2,1-3H3. The summed E-state index contributed by atoms with van der Waals surface area (Å²) in [5, 5.41) is 3.67. The highest BCUT2D eigenvalue weighted by Crippen LogP contribution is 2.37. The molecule has 1 aromatic carbocycles. The van der Waals surface area contributed by atoms with Crippen LogP contribution in [0.25, 0.3) is 0 Å². The van der Waals surface area contributed by atoms with E-state index in [-0.39, 0.29) is 5.54 Å². The van der Waals surface area contributed by atoms with Crippen molar-refractivity contribution in [2.24, 2.45) is 5.73 Å². The third-order valence-electron chi connectivity index (χ3n) is 3.80. The van der Waals surface area contributed by atoms with Crippen LogP contribution in [0.2, 0.25) is 0 Å².